The van der Waals surface area contributed by atoms with Gasteiger partial charge < -0.3 is 11.1 Å². The van der Waals surface area contributed by atoms with E-state index in [2.05, 4.69) is 5.32 Å². The summed E-state index contributed by atoms with van der Waals surface area (Å²) in [6.45, 7) is 3.27. The summed E-state index contributed by atoms with van der Waals surface area (Å²) in [5.74, 6) is -4.01. The molecule has 1 aromatic carbocycles. The smallest absolute Gasteiger partial charge is 0.325 e. The highest BCUT2D eigenvalue weighted by Crippen LogP contribution is 2.36. The summed E-state index contributed by atoms with van der Waals surface area (Å²) in [4.78, 5) is 50.9. The molecule has 0 radical (unpaired) electrons. The van der Waals surface area contributed by atoms with Crippen LogP contribution in [-0.2, 0) is 14.4 Å². The van der Waals surface area contributed by atoms with Crippen molar-refractivity contribution in [2.75, 3.05) is 6.54 Å². The minimum Gasteiger partial charge on any atom is -0.368 e. The normalized spacial score (nSPS) is 17.3. The molecule has 9 heteroatoms. The lowest BCUT2D eigenvalue weighted by atomic mass is 9.73. The van der Waals surface area contributed by atoms with Crippen LogP contribution < -0.4 is 16.5 Å². The molecule has 9 nitrogen and oxygen atoms in total. The van der Waals surface area contributed by atoms with E-state index < -0.39 is 35.2 Å². The van der Waals surface area contributed by atoms with Crippen molar-refractivity contribution >= 4 is 29.8 Å². The number of allylic oxidation sites excluding steroid dienone is 1. The number of carbonyl (C=O) groups excluding carboxylic acids is 4. The summed E-state index contributed by atoms with van der Waals surface area (Å²) < 4.78 is 0. The van der Waals surface area contributed by atoms with Gasteiger partial charge in [0.2, 0.25) is 11.8 Å². The number of nitrogens with two attached hydrogens (primary N) is 1. The van der Waals surface area contributed by atoms with Crippen molar-refractivity contribution in [1.29, 1.82) is 0 Å². The van der Waals surface area contributed by atoms with Crippen LogP contribution in [0.25, 0.3) is 6.08 Å². The Morgan fingerprint density at radius 3 is 2.45 bits per heavy atom. The van der Waals surface area contributed by atoms with E-state index in [4.69, 9.17) is 5.73 Å². The molecule has 1 aliphatic heterocycles. The highest BCUT2D eigenvalue weighted by atomic mass is 16.5. The van der Waals surface area contributed by atoms with Crippen LogP contribution in [0.4, 0.5) is 4.79 Å². The molecule has 0 aromatic heterocycles. The number of nitrogens with one attached hydrogen (secondary N) is 2. The molecule has 1 aliphatic rings. The minimum atomic E-state index is -1.93. The van der Waals surface area contributed by atoms with E-state index in [1.165, 1.54) is 0 Å². The van der Waals surface area contributed by atoms with Crippen LogP contribution in [0.2, 0.25) is 0 Å². The first kappa shape index (κ1) is 22.1. The number of carbonyl (C=O) groups is 4. The van der Waals surface area contributed by atoms with Gasteiger partial charge in [0.1, 0.15) is 5.54 Å². The lowest BCUT2D eigenvalue weighted by molar-refractivity contribution is -0.152. The molecular weight excluding hydrogens is 376 g/mol. The van der Waals surface area contributed by atoms with E-state index in [9.17, 15) is 24.4 Å². The van der Waals surface area contributed by atoms with E-state index in [0.717, 1.165) is 10.5 Å². The van der Waals surface area contributed by atoms with Crippen LogP contribution in [-0.4, -0.2) is 45.9 Å². The maximum atomic E-state index is 12.7. The van der Waals surface area contributed by atoms with E-state index in [0.29, 0.717) is 0 Å². The van der Waals surface area contributed by atoms with Gasteiger partial charge in [-0.2, -0.15) is 0 Å². The Morgan fingerprint density at radius 2 is 1.97 bits per heavy atom. The Kier molecular flexibility index (Phi) is 7.11. The van der Waals surface area contributed by atoms with Crippen LogP contribution in [0, 0.1) is 11.8 Å². The van der Waals surface area contributed by atoms with Crippen molar-refractivity contribution < 1.29 is 24.4 Å². The van der Waals surface area contributed by atoms with Gasteiger partial charge in [0, 0.05) is 0 Å². The van der Waals surface area contributed by atoms with Gasteiger partial charge in [-0.1, -0.05) is 56.3 Å². The molecule has 1 saturated heterocycles. The predicted molar refractivity (Wildman–Crippen MR) is 105 cm³/mol. The van der Waals surface area contributed by atoms with Gasteiger partial charge >= 0.3 is 6.03 Å². The van der Waals surface area contributed by atoms with Gasteiger partial charge in [-0.05, 0) is 24.3 Å². The Morgan fingerprint density at radius 1 is 1.31 bits per heavy atom. The fraction of sp³-hybridized carbons (Fsp3) is 0.400. The number of rotatable bonds is 9. The molecule has 2 atom stereocenters. The molecule has 2 rings (SSSR count). The lowest BCUT2D eigenvalue weighted by Crippen LogP contribution is -2.67. The second-order valence-electron chi connectivity index (χ2n) is 7.35. The molecule has 5 amide bonds. The van der Waals surface area contributed by atoms with Crippen LogP contribution in [0.15, 0.2) is 36.4 Å². The highest BCUT2D eigenvalue weighted by molar-refractivity contribution is 6.08. The predicted octanol–water partition coefficient (Wildman–Crippen LogP) is 1.03. The standard InChI is InChI=1S/C20H26N4O5/c1-13(2)11-20(18(21)27,24-16(25)12-22-19(24)28)15(17(26)23-29)10-6-9-14-7-4-3-5-8-14/h3-9,13,15,29H,10-12H2,1-2H3,(H2,21,27)(H,22,28)(H,23,26)/b9-6+/t15-,20+/m1/s1. The number of benzene rings is 1. The highest BCUT2D eigenvalue weighted by Gasteiger charge is 2.57. The fourth-order valence-corrected chi connectivity index (χ4v) is 3.72. The van der Waals surface area contributed by atoms with E-state index in [1.54, 1.807) is 31.5 Å². The number of hydrogen-bond acceptors (Lipinski definition) is 5. The van der Waals surface area contributed by atoms with Gasteiger partial charge in [0.05, 0.1) is 12.5 Å². The number of primary amides is 1. The summed E-state index contributed by atoms with van der Waals surface area (Å²) >= 11 is 0. The van der Waals surface area contributed by atoms with Gasteiger partial charge in [-0.15, -0.1) is 0 Å². The molecule has 0 bridgehead atoms. The monoisotopic (exact) mass is 402 g/mol. The van der Waals surface area contributed by atoms with Crippen LogP contribution in [0.1, 0.15) is 32.3 Å². The van der Waals surface area contributed by atoms with Crippen molar-refractivity contribution in [3.63, 3.8) is 0 Å². The Hall–Kier alpha value is -3.20. The molecule has 0 aliphatic carbocycles. The SMILES string of the molecule is CC(C)C[C@@](C(N)=O)([C@H](C/C=C/c1ccccc1)C(=O)NO)N1C(=O)CNC1=O. The summed E-state index contributed by atoms with van der Waals surface area (Å²) in [6.07, 6.45) is 3.32. The van der Waals surface area contributed by atoms with Gasteiger partial charge in [0.15, 0.2) is 0 Å². The van der Waals surface area contributed by atoms with Crippen molar-refractivity contribution in [3.05, 3.63) is 42.0 Å². The average Bonchev–Trinajstić information content (AvgIpc) is 3.02. The van der Waals surface area contributed by atoms with Crippen LogP contribution in [0.3, 0.4) is 0 Å². The van der Waals surface area contributed by atoms with E-state index >= 15 is 0 Å². The maximum Gasteiger partial charge on any atom is 0.325 e. The van der Waals surface area contributed by atoms with Gasteiger partial charge in [-0.3, -0.25) is 19.6 Å². The summed E-state index contributed by atoms with van der Waals surface area (Å²) in [5, 5.41) is 11.7. The Bertz CT molecular complexity index is 792. The first-order valence-corrected chi connectivity index (χ1v) is 9.30. The van der Waals surface area contributed by atoms with Crippen LogP contribution in [0.5, 0.6) is 0 Å². The van der Waals surface area contributed by atoms with Crippen molar-refractivity contribution in [1.82, 2.24) is 15.7 Å². The quantitative estimate of drug-likeness (QED) is 0.277. The van der Waals surface area contributed by atoms with E-state index in [1.807, 2.05) is 30.3 Å². The molecule has 29 heavy (non-hydrogen) atoms. The van der Waals surface area contributed by atoms with Crippen molar-refractivity contribution in [2.45, 2.75) is 32.2 Å². The third kappa shape index (κ3) is 4.62. The van der Waals surface area contributed by atoms with Crippen molar-refractivity contribution in [2.24, 2.45) is 17.6 Å². The lowest BCUT2D eigenvalue weighted by Gasteiger charge is -2.42. The minimum absolute atomic E-state index is 0.0290. The third-order valence-electron chi connectivity index (χ3n) is 4.87. The molecule has 1 aromatic rings. The second-order valence-corrected chi connectivity index (χ2v) is 7.35. The van der Waals surface area contributed by atoms with Crippen LogP contribution >= 0.6 is 0 Å². The number of urea groups is 1. The zero-order valence-electron chi connectivity index (χ0n) is 16.4. The molecule has 0 spiro atoms. The summed E-state index contributed by atoms with van der Waals surface area (Å²) in [5.41, 5.74) is 6.18. The zero-order valence-corrected chi connectivity index (χ0v) is 16.4. The van der Waals surface area contributed by atoms with E-state index in [-0.39, 0.29) is 25.3 Å². The second kappa shape index (κ2) is 9.33. The largest absolute Gasteiger partial charge is 0.368 e. The molecule has 1 fully saturated rings. The number of hydrogen-bond donors (Lipinski definition) is 4. The molecule has 1 heterocycles. The first-order valence-electron chi connectivity index (χ1n) is 9.30. The number of hydroxylamine groups is 1. The molecule has 5 N–H and O–H groups in total. The Labute approximate surface area is 168 Å². The zero-order chi connectivity index (χ0) is 21.6. The van der Waals surface area contributed by atoms with Crippen molar-refractivity contribution in [3.8, 4) is 0 Å². The topological polar surface area (TPSA) is 142 Å². The average molecular weight is 402 g/mol. The third-order valence-corrected chi connectivity index (χ3v) is 4.87. The molecule has 0 saturated carbocycles. The summed E-state index contributed by atoms with van der Waals surface area (Å²) in [6, 6.07) is 8.46. The number of imide groups is 1. The fourth-order valence-electron chi connectivity index (χ4n) is 3.72. The van der Waals surface area contributed by atoms with Gasteiger partial charge in [-0.25, -0.2) is 15.2 Å². The number of amides is 5. The first-order chi connectivity index (χ1) is 13.7. The Balaban J connectivity index is 2.52. The molecule has 0 unspecified atom stereocenters. The number of nitrogens with zero attached hydrogens (tertiary/aromatic N) is 1. The molecule has 156 valence electrons. The molecular formula is C20H26N4O5. The summed E-state index contributed by atoms with van der Waals surface area (Å²) in [7, 11) is 0. The maximum absolute atomic E-state index is 12.7. The van der Waals surface area contributed by atoms with Gasteiger partial charge in [0.25, 0.3) is 5.91 Å².